The summed E-state index contributed by atoms with van der Waals surface area (Å²) in [4.78, 5) is 19.9. The van der Waals surface area contributed by atoms with Gasteiger partial charge in [0, 0.05) is 36.4 Å². The highest BCUT2D eigenvalue weighted by molar-refractivity contribution is 6.46. The molecule has 1 unspecified atom stereocenters. The van der Waals surface area contributed by atoms with Gasteiger partial charge < -0.3 is 15.5 Å². The van der Waals surface area contributed by atoms with E-state index in [9.17, 15) is 9.18 Å². The number of carbonyl (C=O) groups excluding carboxylic acids is 1. The van der Waals surface area contributed by atoms with E-state index in [0.29, 0.717) is 30.9 Å². The Morgan fingerprint density at radius 1 is 1.09 bits per heavy atom. The number of hydrogen-bond acceptors (Lipinski definition) is 5. The third kappa shape index (κ3) is 4.83. The van der Waals surface area contributed by atoms with E-state index in [1.807, 2.05) is 42.5 Å². The molecule has 0 spiro atoms. The van der Waals surface area contributed by atoms with Gasteiger partial charge in [-0.25, -0.2) is 9.38 Å². The maximum atomic E-state index is 14.3. The lowest BCUT2D eigenvalue weighted by Gasteiger charge is -2.26. The molecule has 6 nitrogen and oxygen atoms in total. The van der Waals surface area contributed by atoms with Crippen LogP contribution in [0, 0.1) is 5.82 Å². The molecule has 5 rings (SSSR count). The van der Waals surface area contributed by atoms with Crippen molar-refractivity contribution in [3.8, 4) is 11.1 Å². The summed E-state index contributed by atoms with van der Waals surface area (Å²) in [6.07, 6.45) is -0.710. The van der Waals surface area contributed by atoms with Gasteiger partial charge in [0.1, 0.15) is 11.5 Å². The van der Waals surface area contributed by atoms with Crippen molar-refractivity contribution in [2.45, 2.75) is 52.2 Å². The average molecular weight is 472 g/mol. The van der Waals surface area contributed by atoms with Gasteiger partial charge in [-0.05, 0) is 72.9 Å². The summed E-state index contributed by atoms with van der Waals surface area (Å²) in [7, 11) is 0. The van der Waals surface area contributed by atoms with E-state index < -0.39 is 6.29 Å². The van der Waals surface area contributed by atoms with Gasteiger partial charge in [-0.1, -0.05) is 36.4 Å². The number of nitrogens with one attached hydrogen (secondary N) is 2. The van der Waals surface area contributed by atoms with Gasteiger partial charge in [-0.15, -0.1) is 0 Å². The highest BCUT2D eigenvalue weighted by Crippen LogP contribution is 2.32. The maximum absolute atomic E-state index is 14.3. The molecule has 0 saturated heterocycles. The molecule has 0 aliphatic carbocycles. The third-order valence-electron chi connectivity index (χ3n) is 6.37. The van der Waals surface area contributed by atoms with Gasteiger partial charge in [0.05, 0.1) is 0 Å². The normalized spacial score (nSPS) is 16.9. The van der Waals surface area contributed by atoms with Crippen LogP contribution in [0.2, 0.25) is 0 Å². The van der Waals surface area contributed by atoms with Crippen molar-refractivity contribution < 1.29 is 9.18 Å². The molecule has 3 aromatic carbocycles. The summed E-state index contributed by atoms with van der Waals surface area (Å²) < 4.78 is 14.3. The number of carbonyl (C=O) groups is 1. The molecule has 0 radical (unpaired) electrons. The van der Waals surface area contributed by atoms with Crippen LogP contribution in [0.4, 0.5) is 10.1 Å². The first-order valence-corrected chi connectivity index (χ1v) is 11.8. The lowest BCUT2D eigenvalue weighted by atomic mass is 9.94. The summed E-state index contributed by atoms with van der Waals surface area (Å²) in [6.45, 7) is 7.95. The molecule has 2 aliphatic rings. The van der Waals surface area contributed by atoms with Gasteiger partial charge in [-0.3, -0.25) is 10.5 Å². The van der Waals surface area contributed by atoms with Crippen LogP contribution in [-0.4, -0.2) is 28.3 Å². The number of hydrogen-bond donors (Lipinski definition) is 3. The Morgan fingerprint density at radius 2 is 1.80 bits per heavy atom. The standard InChI is InChI=1S/C28H30FN5O/c1-28(2,3)31-14-18-8-10-21(29)13-22(18)17-9-11-24-23(12-17)25(33-27(30)32-24)26(35)34-15-19-6-4-5-7-20(19)16-34/h4-13,27,31-32H,14-16,30H2,1-3H3. The first-order chi connectivity index (χ1) is 16.7. The van der Waals surface area contributed by atoms with Gasteiger partial charge in [0.15, 0.2) is 6.29 Å². The molecule has 180 valence electrons. The van der Waals surface area contributed by atoms with Gasteiger partial charge >= 0.3 is 0 Å². The Hall–Kier alpha value is -3.55. The van der Waals surface area contributed by atoms with E-state index in [2.05, 4.69) is 36.4 Å². The van der Waals surface area contributed by atoms with E-state index >= 15 is 0 Å². The SMILES string of the molecule is CC(C)(C)NCc1ccc(F)cc1-c1ccc2c(c1)C(C(=O)N1Cc3ccccc3C1)=NC(N)N2. The smallest absolute Gasteiger partial charge is 0.273 e. The number of fused-ring (bicyclic) bond motifs is 2. The zero-order chi connectivity index (χ0) is 24.7. The van der Waals surface area contributed by atoms with Crippen LogP contribution in [0.3, 0.4) is 0 Å². The van der Waals surface area contributed by atoms with Crippen LogP contribution < -0.4 is 16.4 Å². The quantitative estimate of drug-likeness (QED) is 0.527. The predicted molar refractivity (Wildman–Crippen MR) is 137 cm³/mol. The van der Waals surface area contributed by atoms with E-state index in [4.69, 9.17) is 5.73 Å². The van der Waals surface area contributed by atoms with E-state index in [1.54, 1.807) is 17.0 Å². The van der Waals surface area contributed by atoms with Crippen LogP contribution in [0.15, 0.2) is 65.7 Å². The topological polar surface area (TPSA) is 82.8 Å². The van der Waals surface area contributed by atoms with Crippen molar-refractivity contribution in [1.29, 1.82) is 0 Å². The number of aliphatic imine (C=N–C) groups is 1. The number of halogens is 1. The molecule has 2 aliphatic heterocycles. The number of nitrogens with two attached hydrogens (primary N) is 1. The van der Waals surface area contributed by atoms with E-state index in [1.165, 1.54) is 6.07 Å². The van der Waals surface area contributed by atoms with Crippen LogP contribution >= 0.6 is 0 Å². The monoisotopic (exact) mass is 471 g/mol. The second-order valence-corrected chi connectivity index (χ2v) is 10.2. The van der Waals surface area contributed by atoms with Crippen molar-refractivity contribution in [3.05, 3.63) is 88.7 Å². The molecule has 3 aromatic rings. The molecular weight excluding hydrogens is 441 g/mol. The van der Waals surface area contributed by atoms with Crippen molar-refractivity contribution in [2.75, 3.05) is 5.32 Å². The molecule has 35 heavy (non-hydrogen) atoms. The van der Waals surface area contributed by atoms with Gasteiger partial charge in [0.2, 0.25) is 0 Å². The first kappa shape index (κ1) is 23.2. The minimum atomic E-state index is -0.710. The first-order valence-electron chi connectivity index (χ1n) is 11.8. The molecule has 1 amide bonds. The van der Waals surface area contributed by atoms with Crippen molar-refractivity contribution in [2.24, 2.45) is 10.7 Å². The fourth-order valence-corrected chi connectivity index (χ4v) is 4.56. The van der Waals surface area contributed by atoms with Gasteiger partial charge in [0.25, 0.3) is 5.91 Å². The van der Waals surface area contributed by atoms with Crippen LogP contribution in [-0.2, 0) is 24.4 Å². The number of anilines is 1. The molecular formula is C28H30FN5O. The maximum Gasteiger partial charge on any atom is 0.273 e. The lowest BCUT2D eigenvalue weighted by molar-refractivity contribution is -0.124. The minimum Gasteiger partial charge on any atom is -0.351 e. The van der Waals surface area contributed by atoms with Crippen LogP contribution in [0.1, 0.15) is 43.0 Å². The Labute approximate surface area is 205 Å². The molecule has 7 heteroatoms. The summed E-state index contributed by atoms with van der Waals surface area (Å²) >= 11 is 0. The summed E-state index contributed by atoms with van der Waals surface area (Å²) in [6, 6.07) is 18.6. The molecule has 0 aromatic heterocycles. The minimum absolute atomic E-state index is 0.0822. The summed E-state index contributed by atoms with van der Waals surface area (Å²) in [5, 5.41) is 6.61. The largest absolute Gasteiger partial charge is 0.351 e. The second kappa shape index (κ2) is 8.91. The highest BCUT2D eigenvalue weighted by atomic mass is 19.1. The third-order valence-corrected chi connectivity index (χ3v) is 6.37. The fraction of sp³-hybridized carbons (Fsp3) is 0.286. The van der Waals surface area contributed by atoms with E-state index in [0.717, 1.165) is 33.5 Å². The molecule has 0 saturated carbocycles. The lowest BCUT2D eigenvalue weighted by Crippen LogP contribution is -2.40. The van der Waals surface area contributed by atoms with Crippen LogP contribution in [0.5, 0.6) is 0 Å². The van der Waals surface area contributed by atoms with E-state index in [-0.39, 0.29) is 17.3 Å². The average Bonchev–Trinajstić information content (AvgIpc) is 3.26. The van der Waals surface area contributed by atoms with Crippen molar-refractivity contribution >= 4 is 17.3 Å². The fourth-order valence-electron chi connectivity index (χ4n) is 4.56. The zero-order valence-corrected chi connectivity index (χ0v) is 20.2. The highest BCUT2D eigenvalue weighted by Gasteiger charge is 2.31. The number of rotatable bonds is 4. The number of benzene rings is 3. The Bertz CT molecular complexity index is 1300. The van der Waals surface area contributed by atoms with Crippen molar-refractivity contribution in [1.82, 2.24) is 10.2 Å². The number of amides is 1. The van der Waals surface area contributed by atoms with Crippen LogP contribution in [0.25, 0.3) is 11.1 Å². The Balaban J connectivity index is 1.50. The Kier molecular flexibility index (Phi) is 5.91. The summed E-state index contributed by atoms with van der Waals surface area (Å²) in [5.41, 5.74) is 12.6. The zero-order valence-electron chi connectivity index (χ0n) is 20.2. The molecule has 1 atom stereocenters. The summed E-state index contributed by atoms with van der Waals surface area (Å²) in [5.74, 6) is -0.470. The second-order valence-electron chi connectivity index (χ2n) is 10.2. The molecule has 2 heterocycles. The molecule has 0 bridgehead atoms. The number of nitrogens with zero attached hydrogens (tertiary/aromatic N) is 2. The predicted octanol–water partition coefficient (Wildman–Crippen LogP) is 4.38. The molecule has 4 N–H and O–H groups in total. The Morgan fingerprint density at radius 3 is 2.49 bits per heavy atom. The van der Waals surface area contributed by atoms with Gasteiger partial charge in [-0.2, -0.15) is 0 Å². The molecule has 0 fully saturated rings. The van der Waals surface area contributed by atoms with Crippen molar-refractivity contribution in [3.63, 3.8) is 0 Å².